The van der Waals surface area contributed by atoms with E-state index in [1.165, 1.54) is 34.8 Å². The van der Waals surface area contributed by atoms with E-state index >= 15 is 0 Å². The molecular formula is C17H22N2S2. The molecule has 3 rings (SSSR count). The Labute approximate surface area is 135 Å². The second kappa shape index (κ2) is 7.43. The molecule has 0 radical (unpaired) electrons. The molecular weight excluding hydrogens is 296 g/mol. The number of nitrogens with zero attached hydrogens (tertiary/aromatic N) is 1. The highest BCUT2D eigenvalue weighted by molar-refractivity contribution is 7.98. The topological polar surface area (TPSA) is 24.9 Å². The van der Waals surface area contributed by atoms with Crippen LogP contribution in [0.1, 0.15) is 40.3 Å². The summed E-state index contributed by atoms with van der Waals surface area (Å²) in [6.07, 6.45) is 7.26. The number of aryl methyl sites for hydroxylation is 1. The van der Waals surface area contributed by atoms with Crippen LogP contribution < -0.4 is 5.32 Å². The van der Waals surface area contributed by atoms with Gasteiger partial charge in [0, 0.05) is 33.9 Å². The highest BCUT2D eigenvalue weighted by atomic mass is 32.2. The van der Waals surface area contributed by atoms with Crippen LogP contribution in [-0.2, 0) is 18.6 Å². The van der Waals surface area contributed by atoms with E-state index in [9.17, 15) is 0 Å². The molecule has 1 aliphatic rings. The van der Waals surface area contributed by atoms with E-state index in [-0.39, 0.29) is 0 Å². The van der Waals surface area contributed by atoms with Crippen LogP contribution in [-0.4, -0.2) is 17.3 Å². The molecule has 0 spiro atoms. The normalized spacial score (nSPS) is 15.7. The predicted octanol–water partition coefficient (Wildman–Crippen LogP) is 4.22. The summed E-state index contributed by atoms with van der Waals surface area (Å²) >= 11 is 4.08. The van der Waals surface area contributed by atoms with Gasteiger partial charge in [-0.3, -0.25) is 4.98 Å². The van der Waals surface area contributed by atoms with Gasteiger partial charge in [0.1, 0.15) is 0 Å². The van der Waals surface area contributed by atoms with Crippen molar-refractivity contribution in [1.29, 1.82) is 0 Å². The minimum atomic E-state index is 0.438. The summed E-state index contributed by atoms with van der Waals surface area (Å²) in [6.45, 7) is 3.31. The van der Waals surface area contributed by atoms with Crippen molar-refractivity contribution in [2.45, 2.75) is 38.0 Å². The highest BCUT2D eigenvalue weighted by Crippen LogP contribution is 2.35. The van der Waals surface area contributed by atoms with Crippen LogP contribution in [0.2, 0.25) is 0 Å². The Morgan fingerprint density at radius 1 is 1.33 bits per heavy atom. The number of nitrogens with one attached hydrogen (secondary N) is 1. The van der Waals surface area contributed by atoms with Gasteiger partial charge in [0.2, 0.25) is 0 Å². The minimum absolute atomic E-state index is 0.438. The molecule has 4 heteroatoms. The van der Waals surface area contributed by atoms with Crippen LogP contribution in [0.25, 0.3) is 0 Å². The Morgan fingerprint density at radius 3 is 2.95 bits per heavy atom. The summed E-state index contributed by atoms with van der Waals surface area (Å²) in [4.78, 5) is 7.24. The van der Waals surface area contributed by atoms with Crippen molar-refractivity contribution >= 4 is 23.1 Å². The molecule has 0 amide bonds. The second-order valence-corrected chi connectivity index (χ2v) is 7.74. The molecule has 1 unspecified atom stereocenters. The number of fused-ring (bicyclic) bond motifs is 1. The lowest BCUT2D eigenvalue weighted by Crippen LogP contribution is -2.23. The van der Waals surface area contributed by atoms with Gasteiger partial charge in [0.25, 0.3) is 0 Å². The second-order valence-electron chi connectivity index (χ2n) is 5.47. The Bertz CT molecular complexity index is 542. The van der Waals surface area contributed by atoms with Gasteiger partial charge in [-0.2, -0.15) is 11.8 Å². The predicted molar refractivity (Wildman–Crippen MR) is 93.2 cm³/mol. The lowest BCUT2D eigenvalue weighted by Gasteiger charge is -2.17. The van der Waals surface area contributed by atoms with Crippen molar-refractivity contribution in [1.82, 2.24) is 10.3 Å². The number of hydrogen-bond donors (Lipinski definition) is 1. The fraction of sp³-hybridized carbons (Fsp3) is 0.471. The molecule has 2 aromatic heterocycles. The maximum atomic E-state index is 4.12. The molecule has 112 valence electrons. The quantitative estimate of drug-likeness (QED) is 0.863. The van der Waals surface area contributed by atoms with Crippen molar-refractivity contribution < 1.29 is 0 Å². The van der Waals surface area contributed by atoms with E-state index in [1.54, 1.807) is 10.4 Å². The average Bonchev–Trinajstić information content (AvgIpc) is 2.96. The third kappa shape index (κ3) is 3.87. The molecule has 0 saturated heterocycles. The third-order valence-electron chi connectivity index (χ3n) is 3.82. The minimum Gasteiger partial charge on any atom is -0.309 e. The van der Waals surface area contributed by atoms with Crippen LogP contribution in [0.3, 0.4) is 0 Å². The molecule has 0 aromatic carbocycles. The molecule has 0 aliphatic carbocycles. The molecule has 0 bridgehead atoms. The molecule has 1 atom stereocenters. The van der Waals surface area contributed by atoms with Crippen molar-refractivity contribution in [3.8, 4) is 0 Å². The number of thiophene rings is 1. The van der Waals surface area contributed by atoms with E-state index < -0.39 is 0 Å². The Morgan fingerprint density at radius 2 is 2.19 bits per heavy atom. The van der Waals surface area contributed by atoms with E-state index in [0.29, 0.717) is 6.04 Å². The highest BCUT2D eigenvalue weighted by Gasteiger charge is 2.19. The van der Waals surface area contributed by atoms with Gasteiger partial charge in [-0.25, -0.2) is 0 Å². The van der Waals surface area contributed by atoms with Crippen molar-refractivity contribution in [2.75, 3.05) is 12.3 Å². The van der Waals surface area contributed by atoms with Crippen LogP contribution >= 0.6 is 23.1 Å². The van der Waals surface area contributed by atoms with Gasteiger partial charge in [-0.1, -0.05) is 6.92 Å². The van der Waals surface area contributed by atoms with Gasteiger partial charge in [0.05, 0.1) is 0 Å². The summed E-state index contributed by atoms with van der Waals surface area (Å²) < 4.78 is 0. The van der Waals surface area contributed by atoms with Crippen molar-refractivity contribution in [2.24, 2.45) is 0 Å². The molecule has 0 fully saturated rings. The van der Waals surface area contributed by atoms with Gasteiger partial charge in [-0.15, -0.1) is 11.3 Å². The molecule has 2 nitrogen and oxygen atoms in total. The number of rotatable bonds is 6. The SMILES string of the molecule is CCCNC(Cc1ccncc1)c1cc2c(s1)CCSC2. The first kappa shape index (κ1) is 15.1. The van der Waals surface area contributed by atoms with Gasteiger partial charge in [-0.05, 0) is 60.9 Å². The van der Waals surface area contributed by atoms with Crippen LogP contribution in [0.5, 0.6) is 0 Å². The molecule has 21 heavy (non-hydrogen) atoms. The fourth-order valence-corrected chi connectivity index (χ4v) is 5.14. The first-order valence-electron chi connectivity index (χ1n) is 7.68. The smallest absolute Gasteiger partial charge is 0.0455 e. The van der Waals surface area contributed by atoms with E-state index in [2.05, 4.69) is 47.2 Å². The van der Waals surface area contributed by atoms with E-state index in [4.69, 9.17) is 0 Å². The Balaban J connectivity index is 1.79. The van der Waals surface area contributed by atoms with Gasteiger partial charge < -0.3 is 5.32 Å². The summed E-state index contributed by atoms with van der Waals surface area (Å²) in [6, 6.07) is 7.14. The number of thioether (sulfide) groups is 1. The number of aromatic nitrogens is 1. The zero-order valence-electron chi connectivity index (χ0n) is 12.5. The van der Waals surface area contributed by atoms with E-state index in [1.807, 2.05) is 23.7 Å². The maximum Gasteiger partial charge on any atom is 0.0455 e. The first-order chi connectivity index (χ1) is 10.4. The Kier molecular flexibility index (Phi) is 5.33. The zero-order valence-corrected chi connectivity index (χ0v) is 14.1. The summed E-state index contributed by atoms with van der Waals surface area (Å²) in [5.41, 5.74) is 2.93. The van der Waals surface area contributed by atoms with Crippen molar-refractivity contribution in [3.63, 3.8) is 0 Å². The van der Waals surface area contributed by atoms with Crippen LogP contribution in [0.4, 0.5) is 0 Å². The lowest BCUT2D eigenvalue weighted by atomic mass is 10.0. The molecule has 2 aromatic rings. The number of hydrogen-bond acceptors (Lipinski definition) is 4. The standard InChI is InChI=1S/C17H22N2S2/c1-2-6-19-15(10-13-3-7-18-8-4-13)17-11-14-12-20-9-5-16(14)21-17/h3-4,7-8,11,15,19H,2,5-6,9-10,12H2,1H3. The third-order valence-corrected chi connectivity index (χ3v) is 6.18. The molecule has 3 heterocycles. The van der Waals surface area contributed by atoms with E-state index in [0.717, 1.165) is 13.0 Å². The molecule has 1 aliphatic heterocycles. The first-order valence-corrected chi connectivity index (χ1v) is 9.65. The average molecular weight is 319 g/mol. The van der Waals surface area contributed by atoms with Crippen LogP contribution in [0, 0.1) is 0 Å². The lowest BCUT2D eigenvalue weighted by molar-refractivity contribution is 0.536. The maximum absolute atomic E-state index is 4.12. The summed E-state index contributed by atoms with van der Waals surface area (Å²) in [7, 11) is 0. The zero-order chi connectivity index (χ0) is 14.5. The summed E-state index contributed by atoms with van der Waals surface area (Å²) in [5.74, 6) is 2.48. The molecule has 0 saturated carbocycles. The van der Waals surface area contributed by atoms with Gasteiger partial charge in [0.15, 0.2) is 0 Å². The van der Waals surface area contributed by atoms with Crippen LogP contribution in [0.15, 0.2) is 30.6 Å². The van der Waals surface area contributed by atoms with Crippen molar-refractivity contribution in [3.05, 3.63) is 51.5 Å². The summed E-state index contributed by atoms with van der Waals surface area (Å²) in [5, 5.41) is 3.73. The number of pyridine rings is 1. The fourth-order valence-electron chi connectivity index (χ4n) is 2.69. The van der Waals surface area contributed by atoms with Gasteiger partial charge >= 0.3 is 0 Å². The monoisotopic (exact) mass is 318 g/mol. The largest absolute Gasteiger partial charge is 0.309 e. The Hall–Kier alpha value is -0.840. The molecule has 1 N–H and O–H groups in total.